The first-order valence-corrected chi connectivity index (χ1v) is 22.7. The Morgan fingerprint density at radius 3 is 2.23 bits per heavy atom. The van der Waals surface area contributed by atoms with E-state index >= 15 is 0 Å². The number of imide groups is 2. The molecule has 10 rings (SSSR count). The van der Waals surface area contributed by atoms with E-state index in [1.807, 2.05) is 42.3 Å². The molecule has 64 heavy (non-hydrogen) atoms. The van der Waals surface area contributed by atoms with Gasteiger partial charge in [0.15, 0.2) is 0 Å². The zero-order valence-electron chi connectivity index (χ0n) is 36.2. The van der Waals surface area contributed by atoms with Crippen molar-refractivity contribution in [1.82, 2.24) is 35.8 Å². The Bertz CT molecular complexity index is 2440. The second-order valence-electron chi connectivity index (χ2n) is 18.4. The molecule has 0 saturated carbocycles. The topological polar surface area (TPSA) is 187 Å². The quantitative estimate of drug-likeness (QED) is 0.198. The fourth-order valence-corrected chi connectivity index (χ4v) is 11.1. The van der Waals surface area contributed by atoms with E-state index in [9.17, 15) is 29.1 Å². The third-order valence-electron chi connectivity index (χ3n) is 14.6. The van der Waals surface area contributed by atoms with Gasteiger partial charge in [-0.15, -0.1) is 0 Å². The molecule has 334 valence electrons. The number of carbonyl (C=O) groups is 5. The van der Waals surface area contributed by atoms with E-state index in [-0.39, 0.29) is 47.6 Å². The molecule has 16 nitrogen and oxygen atoms in total. The van der Waals surface area contributed by atoms with Gasteiger partial charge in [0.25, 0.3) is 11.8 Å². The van der Waals surface area contributed by atoms with Gasteiger partial charge in [0.2, 0.25) is 17.7 Å². The summed E-state index contributed by atoms with van der Waals surface area (Å²) in [5, 5.41) is 12.7. The van der Waals surface area contributed by atoms with Crippen LogP contribution in [0.2, 0.25) is 0 Å². The number of nitrogens with two attached hydrogens (primary N) is 1. The normalized spacial score (nSPS) is 24.4. The largest absolute Gasteiger partial charge is 0.507 e. The molecule has 5 saturated heterocycles. The molecule has 16 heteroatoms. The summed E-state index contributed by atoms with van der Waals surface area (Å²) in [7, 11) is 1.94. The van der Waals surface area contributed by atoms with Crippen LogP contribution in [0.3, 0.4) is 0 Å². The Hall–Kier alpha value is -6.55. The number of phenols is 1. The molecular formula is C48H56N10O6. The molecule has 7 aliphatic rings. The average molecular weight is 869 g/mol. The highest BCUT2D eigenvalue weighted by atomic mass is 16.3. The molecule has 3 unspecified atom stereocenters. The number of benzene rings is 3. The number of rotatable bonds is 9. The third-order valence-corrected chi connectivity index (χ3v) is 14.6. The number of para-hydroxylation sites is 1. The lowest BCUT2D eigenvalue weighted by Gasteiger charge is -2.44. The van der Waals surface area contributed by atoms with Crippen molar-refractivity contribution in [2.24, 2.45) is 11.7 Å². The van der Waals surface area contributed by atoms with Gasteiger partial charge < -0.3 is 30.4 Å². The van der Waals surface area contributed by atoms with Crippen molar-refractivity contribution in [3.63, 3.8) is 0 Å². The molecule has 0 aliphatic carbocycles. The Morgan fingerprint density at radius 2 is 1.50 bits per heavy atom. The van der Waals surface area contributed by atoms with E-state index < -0.39 is 29.7 Å². The van der Waals surface area contributed by atoms with Crippen LogP contribution in [0.25, 0.3) is 5.70 Å². The highest BCUT2D eigenvalue weighted by Gasteiger charge is 2.45. The summed E-state index contributed by atoms with van der Waals surface area (Å²) in [5.74, 6) is -1.05. The number of piperidine rings is 3. The number of allylic oxidation sites excluding steroid dienone is 1. The van der Waals surface area contributed by atoms with Crippen LogP contribution in [0.4, 0.5) is 11.4 Å². The van der Waals surface area contributed by atoms with E-state index in [1.54, 1.807) is 18.2 Å². The first kappa shape index (κ1) is 41.5. The lowest BCUT2D eigenvalue weighted by molar-refractivity contribution is -0.138. The van der Waals surface area contributed by atoms with Crippen molar-refractivity contribution >= 4 is 46.6 Å². The number of hydrogen-bond donors (Lipinski definition) is 5. The number of piperazine rings is 1. The van der Waals surface area contributed by atoms with Gasteiger partial charge in [0.05, 0.1) is 22.5 Å². The predicted molar refractivity (Wildman–Crippen MR) is 240 cm³/mol. The summed E-state index contributed by atoms with van der Waals surface area (Å²) >= 11 is 0. The van der Waals surface area contributed by atoms with E-state index in [0.717, 1.165) is 98.8 Å². The summed E-state index contributed by atoms with van der Waals surface area (Å²) < 4.78 is 0. The van der Waals surface area contributed by atoms with E-state index in [4.69, 9.17) is 5.73 Å². The average Bonchev–Trinajstić information content (AvgIpc) is 3.72. The monoisotopic (exact) mass is 868 g/mol. The van der Waals surface area contributed by atoms with Gasteiger partial charge in [-0.05, 0) is 112 Å². The Labute approximate surface area is 372 Å². The van der Waals surface area contributed by atoms with Crippen molar-refractivity contribution in [1.29, 1.82) is 0 Å². The fourth-order valence-electron chi connectivity index (χ4n) is 11.1. The summed E-state index contributed by atoms with van der Waals surface area (Å²) in [6.07, 6.45) is 7.70. The van der Waals surface area contributed by atoms with Crippen molar-refractivity contribution in [2.45, 2.75) is 82.1 Å². The van der Waals surface area contributed by atoms with Crippen LogP contribution >= 0.6 is 0 Å². The molecule has 7 heterocycles. The van der Waals surface area contributed by atoms with Gasteiger partial charge in [-0.25, -0.2) is 0 Å². The van der Waals surface area contributed by atoms with Crippen LogP contribution < -0.4 is 31.7 Å². The minimum atomic E-state index is -0.995. The van der Waals surface area contributed by atoms with Crippen molar-refractivity contribution in [3.8, 4) is 5.75 Å². The minimum Gasteiger partial charge on any atom is -0.507 e. The van der Waals surface area contributed by atoms with E-state index in [1.165, 1.54) is 11.3 Å². The molecule has 3 atom stereocenters. The van der Waals surface area contributed by atoms with Crippen LogP contribution in [0.15, 0.2) is 84.3 Å². The number of nitrogens with one attached hydrogen (secondary N) is 3. The number of hydrazine groups is 1. The molecule has 3 aromatic rings. The number of fused-ring (bicyclic) bond motifs is 3. The lowest BCUT2D eigenvalue weighted by atomic mass is 9.93. The molecular weight excluding hydrogens is 813 g/mol. The van der Waals surface area contributed by atoms with Crippen LogP contribution in [0.1, 0.15) is 83.2 Å². The molecule has 3 aromatic carbocycles. The highest BCUT2D eigenvalue weighted by Crippen LogP contribution is 2.38. The maximum atomic E-state index is 13.9. The number of amides is 5. The molecule has 7 aliphatic heterocycles. The second-order valence-corrected chi connectivity index (χ2v) is 18.4. The first-order valence-electron chi connectivity index (χ1n) is 22.7. The highest BCUT2D eigenvalue weighted by molar-refractivity contribution is 6.23. The fraction of sp³-hybridized carbons (Fsp3) is 0.438. The van der Waals surface area contributed by atoms with E-state index in [0.29, 0.717) is 31.0 Å². The van der Waals surface area contributed by atoms with Crippen LogP contribution in [0.5, 0.6) is 5.75 Å². The predicted octanol–water partition coefficient (Wildman–Crippen LogP) is 3.06. The molecule has 5 fully saturated rings. The minimum absolute atomic E-state index is 0.00582. The molecule has 2 bridgehead atoms. The zero-order valence-corrected chi connectivity index (χ0v) is 36.2. The van der Waals surface area contributed by atoms with Crippen molar-refractivity contribution in [2.75, 3.05) is 56.1 Å². The van der Waals surface area contributed by atoms with Crippen molar-refractivity contribution in [3.05, 3.63) is 107 Å². The first-order chi connectivity index (χ1) is 31.0. The summed E-state index contributed by atoms with van der Waals surface area (Å²) in [6, 6.07) is 21.3. The smallest absolute Gasteiger partial charge is 0.262 e. The standard InChI is InChI=1S/C48H56N10O6/c1-53(31-17-21-55(22-18-31)32-11-12-36-38(24-32)48(64)58(47(36)63)40-13-14-43(60)50-45(40)61)46(62)30-15-19-54(20-16-30)26-29-5-4-6-33(23-29)57-34-9-10-35(57)28-56(27-34)41-25-39(51-52-44(41)49)37-7-2-3-8-42(37)59/h2-8,11-12,23-25,30-31,34-35,40,51-52,59H,9-10,13-22,26-28,49H2,1H3,(H,50,60,61). The molecule has 0 spiro atoms. The number of nitrogens with zero attached hydrogens (tertiary/aromatic N) is 6. The van der Waals surface area contributed by atoms with Gasteiger partial charge in [0.1, 0.15) is 17.6 Å². The number of anilines is 2. The van der Waals surface area contributed by atoms with Crippen LogP contribution in [-0.4, -0.2) is 125 Å². The summed E-state index contributed by atoms with van der Waals surface area (Å²) in [4.78, 5) is 77.2. The van der Waals surface area contributed by atoms with Gasteiger partial charge in [-0.3, -0.25) is 49.9 Å². The Kier molecular flexibility index (Phi) is 10.9. The number of phenolic OH excluding ortho intramolecular Hbond substituents is 1. The number of aromatic hydroxyl groups is 1. The number of likely N-dealkylation sites (tertiary alicyclic amines) is 2. The van der Waals surface area contributed by atoms with Gasteiger partial charge in [0, 0.05) is 87.2 Å². The Balaban J connectivity index is 0.703. The maximum absolute atomic E-state index is 13.9. The number of hydrogen-bond acceptors (Lipinski definition) is 13. The summed E-state index contributed by atoms with van der Waals surface area (Å²) in [6.45, 7) is 5.70. The molecule has 5 amide bonds. The van der Waals surface area contributed by atoms with Gasteiger partial charge in [-0.2, -0.15) is 0 Å². The Morgan fingerprint density at radius 1 is 0.766 bits per heavy atom. The van der Waals surface area contributed by atoms with Gasteiger partial charge in [-0.1, -0.05) is 24.3 Å². The van der Waals surface area contributed by atoms with Crippen LogP contribution in [-0.2, 0) is 20.9 Å². The van der Waals surface area contributed by atoms with Gasteiger partial charge >= 0.3 is 0 Å². The summed E-state index contributed by atoms with van der Waals surface area (Å²) in [5.41, 5.74) is 19.1. The zero-order chi connectivity index (χ0) is 44.2. The van der Waals surface area contributed by atoms with Crippen molar-refractivity contribution < 1.29 is 29.1 Å². The SMILES string of the molecule is CN(C(=O)C1CCN(Cc2cccc(N3C4CCC3CN(C3=C(N)NNC(c5ccccc5O)=C3)C4)c2)CC1)C1CCN(c2ccc3c(c2)C(=O)N(C2CCC(=O)NC2=O)C3=O)CC1. The number of carbonyl (C=O) groups excluding carboxylic acids is 5. The molecule has 6 N–H and O–H groups in total. The molecule has 0 aromatic heterocycles. The van der Waals surface area contributed by atoms with E-state index in [2.05, 4.69) is 60.0 Å². The molecule has 0 radical (unpaired) electrons. The van der Waals surface area contributed by atoms with Crippen LogP contribution in [0, 0.1) is 5.92 Å². The lowest BCUT2D eigenvalue weighted by Crippen LogP contribution is -2.54. The second kappa shape index (κ2) is 16.9. The maximum Gasteiger partial charge on any atom is 0.262 e. The third kappa shape index (κ3) is 7.67.